The molecule has 2 aromatic heterocycles. The number of nitrogens with zero attached hydrogens (tertiary/aromatic N) is 3. The number of nitrogens with one attached hydrogen (secondary N) is 2. The van der Waals surface area contributed by atoms with Crippen LogP contribution in [0.15, 0.2) is 18.5 Å². The van der Waals surface area contributed by atoms with Crippen LogP contribution < -0.4 is 5.32 Å². The Morgan fingerprint density at radius 1 is 1.67 bits per heavy atom. The highest BCUT2D eigenvalue weighted by Crippen LogP contribution is 2.12. The maximum atomic E-state index is 12.0. The first-order valence-electron chi connectivity index (χ1n) is 5.65. The van der Waals surface area contributed by atoms with Crippen LogP contribution in [-0.2, 0) is 6.54 Å². The summed E-state index contributed by atoms with van der Waals surface area (Å²) in [4.78, 5) is 12.0. The average molecular weight is 359 g/mol. The molecule has 0 aliphatic rings. The molecule has 0 fully saturated rings. The SMILES string of the molecule is CCn1ccc(C(C)NC(=O)c2[nH]ncc2I)n1. The number of hydrogen-bond donors (Lipinski definition) is 2. The third kappa shape index (κ3) is 2.71. The first-order chi connectivity index (χ1) is 8.61. The summed E-state index contributed by atoms with van der Waals surface area (Å²) in [5.74, 6) is -0.171. The highest BCUT2D eigenvalue weighted by molar-refractivity contribution is 14.1. The number of rotatable bonds is 4. The number of H-pyrrole nitrogens is 1. The highest BCUT2D eigenvalue weighted by atomic mass is 127. The summed E-state index contributed by atoms with van der Waals surface area (Å²) in [6.45, 7) is 4.75. The summed E-state index contributed by atoms with van der Waals surface area (Å²) in [6, 6.07) is 1.77. The van der Waals surface area contributed by atoms with Crippen LogP contribution in [0.2, 0.25) is 0 Å². The topological polar surface area (TPSA) is 75.6 Å². The summed E-state index contributed by atoms with van der Waals surface area (Å²) in [7, 11) is 0. The first-order valence-corrected chi connectivity index (χ1v) is 6.72. The molecule has 2 rings (SSSR count). The Morgan fingerprint density at radius 3 is 3.00 bits per heavy atom. The molecule has 1 unspecified atom stereocenters. The van der Waals surface area contributed by atoms with Crippen LogP contribution in [-0.4, -0.2) is 25.9 Å². The van der Waals surface area contributed by atoms with Gasteiger partial charge in [0.2, 0.25) is 0 Å². The molecule has 18 heavy (non-hydrogen) atoms. The van der Waals surface area contributed by atoms with E-state index in [4.69, 9.17) is 0 Å². The number of carbonyl (C=O) groups excluding carboxylic acids is 1. The van der Waals surface area contributed by atoms with Gasteiger partial charge in [-0.25, -0.2) is 0 Å². The third-order valence-electron chi connectivity index (χ3n) is 2.60. The Kier molecular flexibility index (Phi) is 4.00. The number of carbonyl (C=O) groups is 1. The molecule has 1 atom stereocenters. The van der Waals surface area contributed by atoms with Crippen LogP contribution in [0.1, 0.15) is 36.1 Å². The summed E-state index contributed by atoms with van der Waals surface area (Å²) in [6.07, 6.45) is 3.52. The Labute approximate surface area is 118 Å². The van der Waals surface area contributed by atoms with Gasteiger partial charge < -0.3 is 5.32 Å². The van der Waals surface area contributed by atoms with Crippen LogP contribution in [0.25, 0.3) is 0 Å². The van der Waals surface area contributed by atoms with Gasteiger partial charge >= 0.3 is 0 Å². The molecule has 0 aliphatic heterocycles. The third-order valence-corrected chi connectivity index (χ3v) is 3.41. The van der Waals surface area contributed by atoms with Gasteiger partial charge in [-0.3, -0.25) is 14.6 Å². The van der Waals surface area contributed by atoms with Crippen LogP contribution in [0.4, 0.5) is 0 Å². The normalized spacial score (nSPS) is 12.4. The van der Waals surface area contributed by atoms with Crippen molar-refractivity contribution in [3.63, 3.8) is 0 Å². The van der Waals surface area contributed by atoms with Crippen molar-refractivity contribution in [2.24, 2.45) is 0 Å². The summed E-state index contributed by atoms with van der Waals surface area (Å²) in [5.41, 5.74) is 1.33. The molecule has 1 amide bonds. The van der Waals surface area contributed by atoms with E-state index in [2.05, 4.69) is 43.2 Å². The maximum absolute atomic E-state index is 12.0. The number of aryl methyl sites for hydroxylation is 1. The summed E-state index contributed by atoms with van der Waals surface area (Å²) in [5, 5.41) is 13.8. The molecule has 0 aromatic carbocycles. The molecule has 0 aliphatic carbocycles. The summed E-state index contributed by atoms with van der Waals surface area (Å²) < 4.78 is 2.63. The van der Waals surface area contributed by atoms with E-state index in [-0.39, 0.29) is 11.9 Å². The second-order valence-corrected chi connectivity index (χ2v) is 5.05. The first kappa shape index (κ1) is 13.1. The van der Waals surface area contributed by atoms with Gasteiger partial charge in [-0.05, 0) is 42.5 Å². The van der Waals surface area contributed by atoms with Crippen LogP contribution in [0.5, 0.6) is 0 Å². The predicted molar refractivity (Wildman–Crippen MR) is 75.1 cm³/mol. The molecule has 0 saturated carbocycles. The zero-order valence-electron chi connectivity index (χ0n) is 10.1. The van der Waals surface area contributed by atoms with Gasteiger partial charge in [-0.15, -0.1) is 0 Å². The molecule has 96 valence electrons. The highest BCUT2D eigenvalue weighted by Gasteiger charge is 2.16. The molecule has 0 radical (unpaired) electrons. The largest absolute Gasteiger partial charge is 0.343 e. The van der Waals surface area contributed by atoms with E-state index in [1.165, 1.54) is 0 Å². The fourth-order valence-corrected chi connectivity index (χ4v) is 2.06. The standard InChI is InChI=1S/C11H14IN5O/c1-3-17-5-4-9(16-17)7(2)14-11(18)10-8(12)6-13-15-10/h4-7H,3H2,1-2H3,(H,13,15)(H,14,18). The fourth-order valence-electron chi connectivity index (χ4n) is 1.56. The quantitative estimate of drug-likeness (QED) is 0.817. The molecular weight excluding hydrogens is 345 g/mol. The molecule has 2 heterocycles. The van der Waals surface area contributed by atoms with Gasteiger partial charge in [-0.2, -0.15) is 10.2 Å². The Morgan fingerprint density at radius 2 is 2.44 bits per heavy atom. The van der Waals surface area contributed by atoms with E-state index in [1.807, 2.05) is 30.8 Å². The molecule has 2 N–H and O–H groups in total. The Hall–Kier alpha value is -1.38. The van der Waals surface area contributed by atoms with E-state index in [0.29, 0.717) is 5.69 Å². The lowest BCUT2D eigenvalue weighted by Crippen LogP contribution is -2.28. The van der Waals surface area contributed by atoms with Crippen molar-refractivity contribution in [3.8, 4) is 0 Å². The molecule has 7 heteroatoms. The lowest BCUT2D eigenvalue weighted by atomic mass is 10.2. The number of halogens is 1. The monoisotopic (exact) mass is 359 g/mol. The zero-order chi connectivity index (χ0) is 13.1. The minimum atomic E-state index is -0.171. The van der Waals surface area contributed by atoms with Crippen molar-refractivity contribution in [1.82, 2.24) is 25.3 Å². The minimum absolute atomic E-state index is 0.135. The Balaban J connectivity index is 2.05. The van der Waals surface area contributed by atoms with Crippen molar-refractivity contribution in [3.05, 3.63) is 33.4 Å². The van der Waals surface area contributed by atoms with Crippen molar-refractivity contribution in [2.45, 2.75) is 26.4 Å². The Bertz CT molecular complexity index is 547. The molecule has 2 aromatic rings. The molecule has 6 nitrogen and oxygen atoms in total. The number of amides is 1. The number of hydrogen-bond acceptors (Lipinski definition) is 3. The second kappa shape index (κ2) is 5.51. The lowest BCUT2D eigenvalue weighted by Gasteiger charge is -2.10. The van der Waals surface area contributed by atoms with Crippen LogP contribution in [0.3, 0.4) is 0 Å². The van der Waals surface area contributed by atoms with Crippen molar-refractivity contribution in [1.29, 1.82) is 0 Å². The van der Waals surface area contributed by atoms with Gasteiger partial charge in [0.25, 0.3) is 5.91 Å². The fraction of sp³-hybridized carbons (Fsp3) is 0.364. The van der Waals surface area contributed by atoms with E-state index in [9.17, 15) is 4.79 Å². The van der Waals surface area contributed by atoms with Crippen LogP contribution in [0, 0.1) is 3.57 Å². The minimum Gasteiger partial charge on any atom is -0.343 e. The van der Waals surface area contributed by atoms with Crippen molar-refractivity contribution >= 4 is 28.5 Å². The van der Waals surface area contributed by atoms with Crippen molar-refractivity contribution < 1.29 is 4.79 Å². The average Bonchev–Trinajstić information content (AvgIpc) is 2.96. The second-order valence-electron chi connectivity index (χ2n) is 3.88. The van der Waals surface area contributed by atoms with Crippen LogP contribution >= 0.6 is 22.6 Å². The lowest BCUT2D eigenvalue weighted by molar-refractivity contribution is 0.0933. The van der Waals surface area contributed by atoms with Gasteiger partial charge in [0.15, 0.2) is 0 Å². The zero-order valence-corrected chi connectivity index (χ0v) is 12.3. The maximum Gasteiger partial charge on any atom is 0.270 e. The predicted octanol–water partition coefficient (Wildman–Crippen LogP) is 1.72. The summed E-state index contributed by atoms with van der Waals surface area (Å²) >= 11 is 2.07. The van der Waals surface area contributed by atoms with Gasteiger partial charge in [0.1, 0.15) is 5.69 Å². The molecular formula is C11H14IN5O. The van der Waals surface area contributed by atoms with E-state index >= 15 is 0 Å². The van der Waals surface area contributed by atoms with Gasteiger partial charge in [0.05, 0.1) is 21.5 Å². The molecule has 0 bridgehead atoms. The molecule has 0 saturated heterocycles. The van der Waals surface area contributed by atoms with E-state index in [1.54, 1.807) is 6.20 Å². The molecule has 0 spiro atoms. The van der Waals surface area contributed by atoms with Crippen molar-refractivity contribution in [2.75, 3.05) is 0 Å². The van der Waals surface area contributed by atoms with E-state index < -0.39 is 0 Å². The van der Waals surface area contributed by atoms with Gasteiger partial charge in [0, 0.05) is 12.7 Å². The number of aromatic amines is 1. The number of aromatic nitrogens is 4. The van der Waals surface area contributed by atoms with E-state index in [0.717, 1.165) is 15.8 Å². The van der Waals surface area contributed by atoms with Gasteiger partial charge in [-0.1, -0.05) is 0 Å². The smallest absolute Gasteiger partial charge is 0.270 e.